The summed E-state index contributed by atoms with van der Waals surface area (Å²) in [7, 11) is -0.788. The Hall–Kier alpha value is -1.68. The van der Waals surface area contributed by atoms with Crippen LogP contribution in [0, 0.1) is 0 Å². The smallest absolute Gasteiger partial charge is 0.319 e. The molecule has 27 heavy (non-hydrogen) atoms. The number of esters is 1. The lowest BCUT2D eigenvalue weighted by molar-refractivity contribution is -0.141. The molecule has 0 unspecified atom stereocenters. The van der Waals surface area contributed by atoms with Crippen molar-refractivity contribution in [1.82, 2.24) is 9.21 Å². The van der Waals surface area contributed by atoms with E-state index in [2.05, 4.69) is 0 Å². The molecule has 0 bridgehead atoms. The van der Waals surface area contributed by atoms with Crippen molar-refractivity contribution in [3.63, 3.8) is 0 Å². The molecule has 0 spiro atoms. The topological polar surface area (TPSA) is 85.4 Å². The molecule has 0 aliphatic carbocycles. The Morgan fingerprint density at radius 3 is 2.70 bits per heavy atom. The number of hydrogen-bond acceptors (Lipinski definition) is 7. The summed E-state index contributed by atoms with van der Waals surface area (Å²) in [6.45, 7) is 1.98. The maximum atomic E-state index is 13.3. The third kappa shape index (κ3) is 4.26. The van der Waals surface area contributed by atoms with E-state index in [9.17, 15) is 13.2 Å². The third-order valence-corrected chi connectivity index (χ3v) is 7.04. The Balaban J connectivity index is 1.92. The average molecular weight is 398 g/mol. The van der Waals surface area contributed by atoms with Crippen LogP contribution in [0.2, 0.25) is 0 Å². The number of ether oxygens (including phenoxy) is 3. The third-order valence-electron chi connectivity index (χ3n) is 5.08. The minimum absolute atomic E-state index is 0.192. The zero-order valence-electron chi connectivity index (χ0n) is 15.7. The minimum atomic E-state index is -3.71. The highest BCUT2D eigenvalue weighted by Crippen LogP contribution is 2.36. The van der Waals surface area contributed by atoms with E-state index in [0.29, 0.717) is 38.3 Å². The first-order valence-corrected chi connectivity index (χ1v) is 10.5. The monoisotopic (exact) mass is 398 g/mol. The van der Waals surface area contributed by atoms with Crippen LogP contribution >= 0.6 is 0 Å². The van der Waals surface area contributed by atoms with Crippen molar-refractivity contribution in [3.05, 3.63) is 24.3 Å². The van der Waals surface area contributed by atoms with Gasteiger partial charge in [-0.15, -0.1) is 0 Å². The van der Waals surface area contributed by atoms with Crippen molar-refractivity contribution in [3.8, 4) is 5.75 Å². The number of nitrogens with zero attached hydrogens (tertiary/aromatic N) is 2. The molecular weight excluding hydrogens is 372 g/mol. The lowest BCUT2D eigenvalue weighted by Gasteiger charge is -2.31. The Morgan fingerprint density at radius 2 is 1.96 bits per heavy atom. The molecule has 0 aromatic heterocycles. The number of fused-ring (bicyclic) bond motifs is 2. The van der Waals surface area contributed by atoms with Crippen LogP contribution in [0.1, 0.15) is 12.8 Å². The molecule has 9 heteroatoms. The van der Waals surface area contributed by atoms with E-state index in [0.717, 1.165) is 0 Å². The van der Waals surface area contributed by atoms with Crippen LogP contribution in [0.3, 0.4) is 0 Å². The SMILES string of the molecule is COCCN1[C@@H]2CCN(CC(=O)OC)CC[C@H]2Oc2ccccc2S1(=O)=O. The normalized spacial score (nSPS) is 25.4. The molecular formula is C18H26N2O6S. The molecule has 2 aliphatic rings. The minimum Gasteiger partial charge on any atom is -0.487 e. The average Bonchev–Trinajstić information content (AvgIpc) is 2.89. The first kappa shape index (κ1) is 20.1. The van der Waals surface area contributed by atoms with Gasteiger partial charge in [-0.1, -0.05) is 12.1 Å². The molecule has 2 atom stereocenters. The Morgan fingerprint density at radius 1 is 1.22 bits per heavy atom. The maximum absolute atomic E-state index is 13.3. The lowest BCUT2D eigenvalue weighted by atomic mass is 10.1. The van der Waals surface area contributed by atoms with Gasteiger partial charge in [0.05, 0.1) is 26.3 Å². The second kappa shape index (κ2) is 8.55. The summed E-state index contributed by atoms with van der Waals surface area (Å²) >= 11 is 0. The van der Waals surface area contributed by atoms with Gasteiger partial charge in [0.25, 0.3) is 0 Å². The van der Waals surface area contributed by atoms with Crippen LogP contribution in [-0.4, -0.2) is 82.7 Å². The molecule has 2 heterocycles. The Labute approximate surface area is 160 Å². The van der Waals surface area contributed by atoms with Crippen LogP contribution in [0.25, 0.3) is 0 Å². The van der Waals surface area contributed by atoms with Crippen LogP contribution in [0.4, 0.5) is 0 Å². The van der Waals surface area contributed by atoms with E-state index >= 15 is 0 Å². The zero-order valence-corrected chi connectivity index (χ0v) is 16.5. The second-order valence-corrected chi connectivity index (χ2v) is 8.57. The molecule has 0 saturated carbocycles. The molecule has 0 radical (unpaired) electrons. The summed E-state index contributed by atoms with van der Waals surface area (Å²) in [5.41, 5.74) is 0. The maximum Gasteiger partial charge on any atom is 0.319 e. The van der Waals surface area contributed by atoms with Gasteiger partial charge < -0.3 is 14.2 Å². The number of benzene rings is 1. The molecule has 3 rings (SSSR count). The van der Waals surface area contributed by atoms with Crippen molar-refractivity contribution < 1.29 is 27.4 Å². The number of carbonyl (C=O) groups excluding carboxylic acids is 1. The van der Waals surface area contributed by atoms with Crippen molar-refractivity contribution >= 4 is 16.0 Å². The van der Waals surface area contributed by atoms with Crippen molar-refractivity contribution in [2.24, 2.45) is 0 Å². The van der Waals surface area contributed by atoms with Crippen LogP contribution in [0.5, 0.6) is 5.75 Å². The van der Waals surface area contributed by atoms with E-state index < -0.39 is 10.0 Å². The molecule has 1 aromatic rings. The first-order chi connectivity index (χ1) is 13.0. The van der Waals surface area contributed by atoms with Gasteiger partial charge in [0.15, 0.2) is 0 Å². The zero-order chi connectivity index (χ0) is 19.4. The van der Waals surface area contributed by atoms with Gasteiger partial charge in [0.2, 0.25) is 10.0 Å². The molecule has 1 saturated heterocycles. The standard InChI is InChI=1S/C18H26N2O6S/c1-24-12-11-20-14-7-9-19(13-18(21)25-2)10-8-15(14)26-16-5-3-4-6-17(16)27(20,22)23/h3-6,14-15H,7-13H2,1-2H3/t14-,15-/m1/s1. The summed E-state index contributed by atoms with van der Waals surface area (Å²) in [6.07, 6.45) is 0.899. The van der Waals surface area contributed by atoms with Crippen LogP contribution < -0.4 is 4.74 Å². The number of carbonyl (C=O) groups is 1. The highest BCUT2D eigenvalue weighted by Gasteiger charge is 2.43. The number of sulfonamides is 1. The molecule has 0 amide bonds. The Bertz CT molecular complexity index is 769. The summed E-state index contributed by atoms with van der Waals surface area (Å²) in [5, 5.41) is 0. The van der Waals surface area contributed by atoms with Gasteiger partial charge in [-0.3, -0.25) is 9.69 Å². The highest BCUT2D eigenvalue weighted by molar-refractivity contribution is 7.89. The quantitative estimate of drug-likeness (QED) is 0.676. The van der Waals surface area contributed by atoms with E-state index in [-0.39, 0.29) is 36.1 Å². The Kier molecular flexibility index (Phi) is 6.36. The fourth-order valence-electron chi connectivity index (χ4n) is 3.68. The fourth-order valence-corrected chi connectivity index (χ4v) is 5.47. The first-order valence-electron chi connectivity index (χ1n) is 9.03. The van der Waals surface area contributed by atoms with Crippen molar-refractivity contribution in [2.45, 2.75) is 29.9 Å². The summed E-state index contributed by atoms with van der Waals surface area (Å²) in [6, 6.07) is 6.43. The number of hydrogen-bond donors (Lipinski definition) is 0. The molecule has 8 nitrogen and oxygen atoms in total. The van der Waals surface area contributed by atoms with Gasteiger partial charge in [-0.25, -0.2) is 8.42 Å². The van der Waals surface area contributed by atoms with E-state index in [4.69, 9.17) is 14.2 Å². The number of likely N-dealkylation sites (tertiary alicyclic amines) is 1. The number of rotatable bonds is 5. The molecule has 150 valence electrons. The predicted molar refractivity (Wildman–Crippen MR) is 98.1 cm³/mol. The van der Waals surface area contributed by atoms with Gasteiger partial charge in [-0.05, 0) is 25.0 Å². The molecule has 0 N–H and O–H groups in total. The van der Waals surface area contributed by atoms with Crippen LogP contribution in [0.15, 0.2) is 29.2 Å². The summed E-state index contributed by atoms with van der Waals surface area (Å²) < 4.78 is 44.2. The predicted octanol–water partition coefficient (Wildman–Crippen LogP) is 0.722. The van der Waals surface area contributed by atoms with Gasteiger partial charge in [0.1, 0.15) is 16.7 Å². The van der Waals surface area contributed by atoms with Gasteiger partial charge >= 0.3 is 5.97 Å². The van der Waals surface area contributed by atoms with Crippen LogP contribution in [-0.2, 0) is 24.3 Å². The number of para-hydroxylation sites is 1. The van der Waals surface area contributed by atoms with E-state index in [1.807, 2.05) is 4.90 Å². The van der Waals surface area contributed by atoms with Crippen molar-refractivity contribution in [2.75, 3.05) is 47.0 Å². The van der Waals surface area contributed by atoms with Gasteiger partial charge in [0, 0.05) is 26.7 Å². The van der Waals surface area contributed by atoms with Crippen molar-refractivity contribution in [1.29, 1.82) is 0 Å². The molecule has 1 fully saturated rings. The largest absolute Gasteiger partial charge is 0.487 e. The van der Waals surface area contributed by atoms with E-state index in [1.165, 1.54) is 11.4 Å². The summed E-state index contributed by atoms with van der Waals surface area (Å²) in [4.78, 5) is 13.8. The van der Waals surface area contributed by atoms with E-state index in [1.54, 1.807) is 31.4 Å². The fraction of sp³-hybridized carbons (Fsp3) is 0.611. The number of methoxy groups -OCH3 is 2. The lowest BCUT2D eigenvalue weighted by Crippen LogP contribution is -2.48. The molecule has 1 aromatic carbocycles. The summed E-state index contributed by atoms with van der Waals surface area (Å²) in [5.74, 6) is 0.0843. The molecule has 2 aliphatic heterocycles. The highest BCUT2D eigenvalue weighted by atomic mass is 32.2. The second-order valence-electron chi connectivity index (χ2n) is 6.71. The van der Waals surface area contributed by atoms with Gasteiger partial charge in [-0.2, -0.15) is 4.31 Å².